The minimum Gasteiger partial charge on any atom is -0.303 e. The Morgan fingerprint density at radius 2 is 1.11 bits per heavy atom. The molecule has 122 valence electrons. The molecule has 0 radical (unpaired) electrons. The van der Waals surface area contributed by atoms with E-state index in [0.717, 1.165) is 6.29 Å². The van der Waals surface area contributed by atoms with E-state index < -0.39 is 0 Å². The maximum Gasteiger partial charge on any atom is 0.119 e. The van der Waals surface area contributed by atoms with Gasteiger partial charge in [0.1, 0.15) is 6.29 Å². The van der Waals surface area contributed by atoms with E-state index in [1.54, 1.807) is 0 Å². The second-order valence-corrected chi connectivity index (χ2v) is 4.55. The Morgan fingerprint density at radius 3 is 1.16 bits per heavy atom. The van der Waals surface area contributed by atoms with E-state index >= 15 is 0 Å². The van der Waals surface area contributed by atoms with Gasteiger partial charge in [-0.15, -0.1) is 0 Å². The summed E-state index contributed by atoms with van der Waals surface area (Å²) in [4.78, 5) is 9.17. The van der Waals surface area contributed by atoms with E-state index in [4.69, 9.17) is 0 Å². The summed E-state index contributed by atoms with van der Waals surface area (Å²) in [6.45, 7) is 23.2. The third-order valence-corrected chi connectivity index (χ3v) is 2.05. The summed E-state index contributed by atoms with van der Waals surface area (Å²) >= 11 is 0. The molecule has 19 heavy (non-hydrogen) atoms. The third kappa shape index (κ3) is 73.8. The highest BCUT2D eigenvalue weighted by atomic mass is 16.1. The SMILES string of the molecule is CC.CC.CCC.CCC=O.CCCC(C)(C)CC. The van der Waals surface area contributed by atoms with Crippen molar-refractivity contribution in [2.75, 3.05) is 0 Å². The molecule has 1 nitrogen and oxygen atoms in total. The fraction of sp³-hybridized carbons (Fsp3) is 0.944. The first-order valence-corrected chi connectivity index (χ1v) is 8.39. The molecule has 0 saturated heterocycles. The van der Waals surface area contributed by atoms with Gasteiger partial charge in [-0.1, -0.05) is 95.4 Å². The lowest BCUT2D eigenvalue weighted by Crippen LogP contribution is -2.07. The second-order valence-electron chi connectivity index (χ2n) is 4.55. The normalized spacial score (nSPS) is 7.95. The molecule has 0 aliphatic heterocycles. The molecule has 0 rings (SSSR count). The van der Waals surface area contributed by atoms with Crippen molar-refractivity contribution in [2.45, 2.75) is 108 Å². The average Bonchev–Trinajstić information content (AvgIpc) is 2.44. The molecule has 0 aliphatic rings. The van der Waals surface area contributed by atoms with Crippen LogP contribution >= 0.6 is 0 Å². The van der Waals surface area contributed by atoms with Gasteiger partial charge in [0.2, 0.25) is 0 Å². The van der Waals surface area contributed by atoms with Gasteiger partial charge in [-0.05, 0) is 11.8 Å². The average molecular weight is 277 g/mol. The fourth-order valence-electron chi connectivity index (χ4n) is 0.854. The van der Waals surface area contributed by atoms with Gasteiger partial charge >= 0.3 is 0 Å². The van der Waals surface area contributed by atoms with Gasteiger partial charge in [0.25, 0.3) is 0 Å². The summed E-state index contributed by atoms with van der Waals surface area (Å²) in [7, 11) is 0. The molecular formula is C18H44O. The first-order valence-electron chi connectivity index (χ1n) is 8.39. The number of carbonyl (C=O) groups excluding carboxylic acids is 1. The maximum atomic E-state index is 9.17. The summed E-state index contributed by atoms with van der Waals surface area (Å²) in [5, 5.41) is 0. The molecule has 0 spiro atoms. The van der Waals surface area contributed by atoms with E-state index in [2.05, 4.69) is 41.5 Å². The van der Waals surface area contributed by atoms with Gasteiger partial charge in [0, 0.05) is 6.42 Å². The van der Waals surface area contributed by atoms with Crippen LogP contribution in [0.25, 0.3) is 0 Å². The zero-order chi connectivity index (χ0) is 16.7. The van der Waals surface area contributed by atoms with Crippen molar-refractivity contribution in [2.24, 2.45) is 5.41 Å². The summed E-state index contributed by atoms with van der Waals surface area (Å²) in [6, 6.07) is 0. The van der Waals surface area contributed by atoms with E-state index in [-0.39, 0.29) is 0 Å². The van der Waals surface area contributed by atoms with Gasteiger partial charge in [0.05, 0.1) is 0 Å². The number of hydrogen-bond acceptors (Lipinski definition) is 1. The summed E-state index contributed by atoms with van der Waals surface area (Å²) < 4.78 is 0. The van der Waals surface area contributed by atoms with E-state index in [1.807, 2.05) is 34.6 Å². The molecule has 0 unspecified atom stereocenters. The van der Waals surface area contributed by atoms with Crippen LogP contribution in [-0.2, 0) is 4.79 Å². The summed E-state index contributed by atoms with van der Waals surface area (Å²) in [5.74, 6) is 0. The van der Waals surface area contributed by atoms with Crippen LogP contribution in [0, 0.1) is 5.41 Å². The Hall–Kier alpha value is -0.330. The molecule has 1 heteroatoms. The van der Waals surface area contributed by atoms with Crippen molar-refractivity contribution in [1.82, 2.24) is 0 Å². The van der Waals surface area contributed by atoms with E-state index in [0.29, 0.717) is 11.8 Å². The van der Waals surface area contributed by atoms with Crippen molar-refractivity contribution >= 4 is 6.29 Å². The van der Waals surface area contributed by atoms with Crippen molar-refractivity contribution in [3.05, 3.63) is 0 Å². The highest BCUT2D eigenvalue weighted by Crippen LogP contribution is 2.25. The van der Waals surface area contributed by atoms with Crippen molar-refractivity contribution in [3.8, 4) is 0 Å². The Morgan fingerprint density at radius 1 is 0.842 bits per heavy atom. The van der Waals surface area contributed by atoms with E-state index in [9.17, 15) is 4.79 Å². The monoisotopic (exact) mass is 276 g/mol. The number of aldehydes is 1. The topological polar surface area (TPSA) is 17.1 Å². The summed E-state index contributed by atoms with van der Waals surface area (Å²) in [6.07, 6.45) is 6.76. The van der Waals surface area contributed by atoms with Crippen LogP contribution in [0.1, 0.15) is 108 Å². The Balaban J connectivity index is -0.0000000504. The largest absolute Gasteiger partial charge is 0.303 e. The predicted octanol–water partition coefficient (Wildman–Crippen LogP) is 7.29. The van der Waals surface area contributed by atoms with Crippen LogP contribution in [-0.4, -0.2) is 6.29 Å². The highest BCUT2D eigenvalue weighted by molar-refractivity contribution is 5.48. The van der Waals surface area contributed by atoms with Gasteiger partial charge in [-0.25, -0.2) is 0 Å². The minimum atomic E-state index is 0.592. The molecular weight excluding hydrogens is 232 g/mol. The molecule has 0 heterocycles. The molecule has 0 N–H and O–H groups in total. The quantitative estimate of drug-likeness (QED) is 0.493. The first-order chi connectivity index (χ1) is 8.95. The van der Waals surface area contributed by atoms with Crippen molar-refractivity contribution in [3.63, 3.8) is 0 Å². The molecule has 0 aliphatic carbocycles. The number of carbonyl (C=O) groups is 1. The Kier molecular flexibility index (Phi) is 59.2. The smallest absolute Gasteiger partial charge is 0.119 e. The minimum absolute atomic E-state index is 0.592. The zero-order valence-electron chi connectivity index (χ0n) is 16.0. The first kappa shape index (κ1) is 31.2. The molecule has 0 fully saturated rings. The van der Waals surface area contributed by atoms with Crippen LogP contribution in [0.3, 0.4) is 0 Å². The molecule has 0 aromatic carbocycles. The van der Waals surface area contributed by atoms with Gasteiger partial charge in [-0.2, -0.15) is 0 Å². The zero-order valence-corrected chi connectivity index (χ0v) is 16.0. The van der Waals surface area contributed by atoms with Gasteiger partial charge < -0.3 is 4.79 Å². The lowest BCUT2D eigenvalue weighted by Gasteiger charge is -2.20. The van der Waals surface area contributed by atoms with Crippen molar-refractivity contribution < 1.29 is 4.79 Å². The van der Waals surface area contributed by atoms with Crippen LogP contribution in [0.5, 0.6) is 0 Å². The third-order valence-electron chi connectivity index (χ3n) is 2.05. The molecule has 0 bridgehead atoms. The molecule has 0 saturated carbocycles. The van der Waals surface area contributed by atoms with Crippen LogP contribution in [0.15, 0.2) is 0 Å². The lowest BCUT2D eigenvalue weighted by molar-refractivity contribution is -0.107. The van der Waals surface area contributed by atoms with Crippen molar-refractivity contribution in [1.29, 1.82) is 0 Å². The molecule has 0 atom stereocenters. The van der Waals surface area contributed by atoms with Gasteiger partial charge in [-0.3, -0.25) is 0 Å². The van der Waals surface area contributed by atoms with Gasteiger partial charge in [0.15, 0.2) is 0 Å². The molecule has 0 aromatic heterocycles. The maximum absolute atomic E-state index is 9.17. The number of hydrogen-bond donors (Lipinski definition) is 0. The lowest BCUT2D eigenvalue weighted by atomic mass is 9.86. The Labute approximate surface area is 125 Å². The van der Waals surface area contributed by atoms with Crippen LogP contribution in [0.4, 0.5) is 0 Å². The summed E-state index contributed by atoms with van der Waals surface area (Å²) in [5.41, 5.74) is 0.592. The number of rotatable bonds is 4. The standard InChI is InChI=1S/C8H18.C3H6O.C3H8.2C2H6/c1-5-7-8(3,4)6-2;1-2-3-4;1-3-2;2*1-2/h5-7H2,1-4H3;3H,2H2,1H3;3H2,1-2H3;2*1-2H3. The molecule has 0 aromatic rings. The fourth-order valence-corrected chi connectivity index (χ4v) is 0.854. The Bertz CT molecular complexity index is 106. The highest BCUT2D eigenvalue weighted by Gasteiger charge is 2.11. The van der Waals surface area contributed by atoms with Crippen LogP contribution in [0.2, 0.25) is 0 Å². The predicted molar refractivity (Wildman–Crippen MR) is 94.0 cm³/mol. The van der Waals surface area contributed by atoms with Crippen LogP contribution < -0.4 is 0 Å². The van der Waals surface area contributed by atoms with E-state index in [1.165, 1.54) is 25.7 Å². The molecule has 0 amide bonds. The second kappa shape index (κ2) is 36.1.